The topological polar surface area (TPSA) is 38.0 Å². The minimum Gasteiger partial charge on any atom is -0.382 e. The molecule has 0 amide bonds. The molecule has 0 bridgehead atoms. The van der Waals surface area contributed by atoms with E-state index in [0.717, 1.165) is 31.6 Å². The van der Waals surface area contributed by atoms with Crippen LogP contribution in [0, 0.1) is 5.92 Å². The normalized spacial score (nSPS) is 31.5. The molecule has 0 aliphatic heterocycles. The molecule has 1 aliphatic rings. The number of hydrogen-bond acceptors (Lipinski definition) is 2. The van der Waals surface area contributed by atoms with Crippen LogP contribution < -0.4 is 0 Å². The average molecular weight is 194 g/mol. The second-order valence-corrected chi connectivity index (χ2v) is 4.49. The van der Waals surface area contributed by atoms with Crippen molar-refractivity contribution in [2.24, 2.45) is 5.92 Å². The van der Waals surface area contributed by atoms with Crippen LogP contribution in [0.2, 0.25) is 0 Å². The largest absolute Gasteiger partial charge is 0.382 e. The molecule has 1 aromatic rings. The van der Waals surface area contributed by atoms with Gasteiger partial charge in [0.05, 0.1) is 0 Å². The molecule has 1 aromatic heterocycles. The fourth-order valence-electron chi connectivity index (χ4n) is 2.41. The Morgan fingerprint density at radius 1 is 1.64 bits per heavy atom. The van der Waals surface area contributed by atoms with E-state index in [1.807, 2.05) is 6.20 Å². The molecule has 1 N–H and O–H groups in total. The summed E-state index contributed by atoms with van der Waals surface area (Å²) in [6.45, 7) is 5.25. The predicted octanol–water partition coefficient (Wildman–Crippen LogP) is 1.91. The lowest BCUT2D eigenvalue weighted by Crippen LogP contribution is -2.42. The van der Waals surface area contributed by atoms with Gasteiger partial charge < -0.3 is 9.67 Å². The highest BCUT2D eigenvalue weighted by Crippen LogP contribution is 2.44. The summed E-state index contributed by atoms with van der Waals surface area (Å²) in [5.41, 5.74) is -0.641. The minimum atomic E-state index is -0.641. The number of nitrogens with zero attached hydrogens (tertiary/aromatic N) is 2. The molecule has 3 heteroatoms. The average Bonchev–Trinajstić information content (AvgIpc) is 2.51. The van der Waals surface area contributed by atoms with Crippen LogP contribution in [0.15, 0.2) is 12.4 Å². The van der Waals surface area contributed by atoms with E-state index in [4.69, 9.17) is 0 Å². The van der Waals surface area contributed by atoms with Gasteiger partial charge in [0.25, 0.3) is 0 Å². The van der Waals surface area contributed by atoms with Crippen LogP contribution >= 0.6 is 0 Å². The molecule has 2 rings (SSSR count). The summed E-state index contributed by atoms with van der Waals surface area (Å²) in [5.74, 6) is 1.49. The second-order valence-electron chi connectivity index (χ2n) is 4.49. The molecule has 78 valence electrons. The van der Waals surface area contributed by atoms with E-state index in [9.17, 15) is 5.11 Å². The molecule has 0 aromatic carbocycles. The first-order valence-electron chi connectivity index (χ1n) is 5.39. The van der Waals surface area contributed by atoms with Gasteiger partial charge in [0.2, 0.25) is 0 Å². The zero-order valence-corrected chi connectivity index (χ0v) is 8.90. The first-order valence-corrected chi connectivity index (χ1v) is 5.39. The van der Waals surface area contributed by atoms with Gasteiger partial charge in [-0.3, -0.25) is 0 Å². The summed E-state index contributed by atoms with van der Waals surface area (Å²) >= 11 is 0. The van der Waals surface area contributed by atoms with Crippen LogP contribution in [-0.2, 0) is 12.1 Å². The Balaban J connectivity index is 2.19. The van der Waals surface area contributed by atoms with Crippen LogP contribution in [-0.4, -0.2) is 14.7 Å². The molecule has 1 heterocycles. The Morgan fingerprint density at radius 2 is 2.36 bits per heavy atom. The first kappa shape index (κ1) is 9.71. The molecule has 14 heavy (non-hydrogen) atoms. The van der Waals surface area contributed by atoms with E-state index in [-0.39, 0.29) is 0 Å². The van der Waals surface area contributed by atoms with Crippen molar-refractivity contribution in [1.29, 1.82) is 0 Å². The lowest BCUT2D eigenvalue weighted by molar-refractivity contribution is -0.0833. The molecular formula is C11H18N2O. The summed E-state index contributed by atoms with van der Waals surface area (Å²) in [6, 6.07) is 0. The molecular weight excluding hydrogens is 176 g/mol. The number of imidazole rings is 1. The van der Waals surface area contributed by atoms with Crippen molar-refractivity contribution >= 4 is 0 Å². The maximum atomic E-state index is 10.3. The first-order chi connectivity index (χ1) is 6.65. The molecule has 1 fully saturated rings. The minimum absolute atomic E-state index is 0.631. The summed E-state index contributed by atoms with van der Waals surface area (Å²) in [7, 11) is 0. The lowest BCUT2D eigenvalue weighted by atomic mass is 9.71. The molecule has 1 aliphatic carbocycles. The Kier molecular flexibility index (Phi) is 2.35. The van der Waals surface area contributed by atoms with E-state index in [2.05, 4.69) is 23.4 Å². The van der Waals surface area contributed by atoms with E-state index in [0.29, 0.717) is 5.92 Å². The summed E-state index contributed by atoms with van der Waals surface area (Å²) in [4.78, 5) is 4.28. The number of hydrogen-bond donors (Lipinski definition) is 1. The van der Waals surface area contributed by atoms with Gasteiger partial charge in [0.15, 0.2) is 0 Å². The van der Waals surface area contributed by atoms with Crippen LogP contribution in [0.5, 0.6) is 0 Å². The number of aromatic nitrogens is 2. The standard InChI is InChI=1S/C11H18N2O/c1-3-5-13-6-4-12-10(13)11(14)7-9(2)8-11/h4,6,9,14H,3,5,7-8H2,1-2H3. The summed E-state index contributed by atoms with van der Waals surface area (Å²) in [5, 5.41) is 10.3. The van der Waals surface area contributed by atoms with Gasteiger partial charge in [-0.25, -0.2) is 4.98 Å². The van der Waals surface area contributed by atoms with E-state index >= 15 is 0 Å². The van der Waals surface area contributed by atoms with Crippen molar-refractivity contribution in [3.8, 4) is 0 Å². The SMILES string of the molecule is CCCn1ccnc1C1(O)CC(C)C1. The van der Waals surface area contributed by atoms with Crippen molar-refractivity contribution in [3.05, 3.63) is 18.2 Å². The van der Waals surface area contributed by atoms with Gasteiger partial charge in [0.1, 0.15) is 11.4 Å². The molecule has 0 saturated heterocycles. The summed E-state index contributed by atoms with van der Waals surface area (Å²) in [6.07, 6.45) is 6.53. The maximum absolute atomic E-state index is 10.3. The third-order valence-electron chi connectivity index (χ3n) is 2.97. The lowest BCUT2D eigenvalue weighted by Gasteiger charge is -2.41. The number of aryl methyl sites for hydroxylation is 1. The van der Waals surface area contributed by atoms with Crippen molar-refractivity contribution in [3.63, 3.8) is 0 Å². The van der Waals surface area contributed by atoms with Crippen molar-refractivity contribution in [2.75, 3.05) is 0 Å². The quantitative estimate of drug-likeness (QED) is 0.798. The highest BCUT2D eigenvalue weighted by Gasteiger charge is 2.44. The van der Waals surface area contributed by atoms with E-state index < -0.39 is 5.60 Å². The molecule has 0 atom stereocenters. The Labute approximate surface area is 84.8 Å². The highest BCUT2D eigenvalue weighted by atomic mass is 16.3. The van der Waals surface area contributed by atoms with Crippen LogP contribution in [0.3, 0.4) is 0 Å². The van der Waals surface area contributed by atoms with Crippen molar-refractivity contribution < 1.29 is 5.11 Å². The fraction of sp³-hybridized carbons (Fsp3) is 0.727. The van der Waals surface area contributed by atoms with Gasteiger partial charge in [-0.05, 0) is 25.2 Å². The number of aliphatic hydroxyl groups is 1. The zero-order chi connectivity index (χ0) is 10.2. The van der Waals surface area contributed by atoms with Gasteiger partial charge >= 0.3 is 0 Å². The van der Waals surface area contributed by atoms with Crippen LogP contribution in [0.1, 0.15) is 38.9 Å². The Bertz CT molecular complexity index is 313. The fourth-order valence-corrected chi connectivity index (χ4v) is 2.41. The molecule has 0 radical (unpaired) electrons. The smallest absolute Gasteiger partial charge is 0.140 e. The third-order valence-corrected chi connectivity index (χ3v) is 2.97. The summed E-state index contributed by atoms with van der Waals surface area (Å²) < 4.78 is 2.08. The molecule has 3 nitrogen and oxygen atoms in total. The molecule has 1 saturated carbocycles. The molecule has 0 spiro atoms. The van der Waals surface area contributed by atoms with Crippen LogP contribution in [0.4, 0.5) is 0 Å². The number of rotatable bonds is 3. The third kappa shape index (κ3) is 1.46. The monoisotopic (exact) mass is 194 g/mol. The predicted molar refractivity (Wildman–Crippen MR) is 54.8 cm³/mol. The highest BCUT2D eigenvalue weighted by molar-refractivity contribution is 5.10. The van der Waals surface area contributed by atoms with Gasteiger partial charge in [-0.1, -0.05) is 13.8 Å². The van der Waals surface area contributed by atoms with Gasteiger partial charge in [-0.2, -0.15) is 0 Å². The van der Waals surface area contributed by atoms with E-state index in [1.54, 1.807) is 6.20 Å². The van der Waals surface area contributed by atoms with Crippen molar-refractivity contribution in [1.82, 2.24) is 9.55 Å². The van der Waals surface area contributed by atoms with Crippen molar-refractivity contribution in [2.45, 2.75) is 45.3 Å². The van der Waals surface area contributed by atoms with Gasteiger partial charge in [-0.15, -0.1) is 0 Å². The second kappa shape index (κ2) is 3.39. The Hall–Kier alpha value is -0.830. The van der Waals surface area contributed by atoms with E-state index in [1.165, 1.54) is 0 Å². The van der Waals surface area contributed by atoms with Gasteiger partial charge in [0, 0.05) is 18.9 Å². The van der Waals surface area contributed by atoms with Crippen LogP contribution in [0.25, 0.3) is 0 Å². The zero-order valence-electron chi connectivity index (χ0n) is 8.90. The molecule has 0 unspecified atom stereocenters. The Morgan fingerprint density at radius 3 is 2.93 bits per heavy atom. The maximum Gasteiger partial charge on any atom is 0.140 e.